The highest BCUT2D eigenvalue weighted by atomic mass is 35.5. The molecule has 0 aliphatic rings. The van der Waals surface area contributed by atoms with E-state index in [0.29, 0.717) is 17.3 Å². The molecule has 0 heterocycles. The molecule has 0 radical (unpaired) electrons. The van der Waals surface area contributed by atoms with Crippen LogP contribution in [-0.4, -0.2) is 25.6 Å². The van der Waals surface area contributed by atoms with Crippen LogP contribution in [0.1, 0.15) is 30.5 Å². The third-order valence-electron chi connectivity index (χ3n) is 4.48. The lowest BCUT2D eigenvalue weighted by Gasteiger charge is -2.18. The van der Waals surface area contributed by atoms with Crippen molar-refractivity contribution >= 4 is 17.5 Å². The second-order valence-electron chi connectivity index (χ2n) is 6.40. The summed E-state index contributed by atoms with van der Waals surface area (Å²) in [5.41, 5.74) is 3.46. The second kappa shape index (κ2) is 10.2. The van der Waals surface area contributed by atoms with Gasteiger partial charge in [0.25, 0.3) is 5.91 Å². The van der Waals surface area contributed by atoms with Crippen molar-refractivity contribution in [3.05, 3.63) is 64.2 Å². The number of nitrogens with one attached hydrogen (secondary N) is 2. The summed E-state index contributed by atoms with van der Waals surface area (Å²) >= 11 is 6.09. The highest BCUT2D eigenvalue weighted by molar-refractivity contribution is 6.32. The van der Waals surface area contributed by atoms with Crippen LogP contribution >= 0.6 is 11.6 Å². The molecule has 1 amide bonds. The summed E-state index contributed by atoms with van der Waals surface area (Å²) in [6.07, 6.45) is 0. The zero-order valence-corrected chi connectivity index (χ0v) is 16.5. The zero-order valence-electron chi connectivity index (χ0n) is 15.8. The summed E-state index contributed by atoms with van der Waals surface area (Å²) in [5.74, 6) is 0.375. The Morgan fingerprint density at radius 1 is 1.12 bits per heavy atom. The Bertz CT molecular complexity index is 730. The van der Waals surface area contributed by atoms with Crippen molar-refractivity contribution in [2.24, 2.45) is 0 Å². The topological polar surface area (TPSA) is 42.8 Å². The first-order valence-corrected chi connectivity index (χ1v) is 9.47. The minimum absolute atomic E-state index is 0.0490. The summed E-state index contributed by atoms with van der Waals surface area (Å²) in [7, 11) is 0. The first kappa shape index (κ1) is 20.3. The Morgan fingerprint density at radius 2 is 1.81 bits per heavy atom. The summed E-state index contributed by atoms with van der Waals surface area (Å²) in [6.45, 7) is 9.93. The number of hydrogen-bond donors (Lipinski definition) is 2. The number of amides is 1. The van der Waals surface area contributed by atoms with Crippen molar-refractivity contribution in [2.75, 3.05) is 19.7 Å². The molecule has 0 atom stereocenters. The Hall–Kier alpha value is -2.04. The highest BCUT2D eigenvalue weighted by Crippen LogP contribution is 2.25. The minimum Gasteiger partial charge on any atom is -0.482 e. The highest BCUT2D eigenvalue weighted by Gasteiger charge is 2.11. The molecule has 2 aromatic rings. The average molecular weight is 376 g/mol. The Kier molecular flexibility index (Phi) is 7.95. The first-order chi connectivity index (χ1) is 12.5. The van der Waals surface area contributed by atoms with E-state index in [2.05, 4.69) is 31.3 Å². The molecule has 4 nitrogen and oxygen atoms in total. The Morgan fingerprint density at radius 3 is 2.50 bits per heavy atom. The first-order valence-electron chi connectivity index (χ1n) is 9.09. The van der Waals surface area contributed by atoms with Crippen molar-refractivity contribution < 1.29 is 14.4 Å². The molecule has 0 saturated carbocycles. The van der Waals surface area contributed by atoms with Gasteiger partial charge in [0.1, 0.15) is 12.3 Å². The molecule has 2 rings (SSSR count). The lowest BCUT2D eigenvalue weighted by atomic mass is 10.1. The van der Waals surface area contributed by atoms with Crippen molar-refractivity contribution in [3.63, 3.8) is 0 Å². The summed E-state index contributed by atoms with van der Waals surface area (Å²) < 4.78 is 5.55. The third kappa shape index (κ3) is 6.04. The van der Waals surface area contributed by atoms with E-state index in [0.717, 1.165) is 30.8 Å². The van der Waals surface area contributed by atoms with Gasteiger partial charge in [0, 0.05) is 12.1 Å². The molecular weight excluding hydrogens is 348 g/mol. The van der Waals surface area contributed by atoms with Crippen molar-refractivity contribution in [2.45, 2.75) is 33.9 Å². The molecule has 140 valence electrons. The van der Waals surface area contributed by atoms with Gasteiger partial charge in [0.05, 0.1) is 18.1 Å². The number of ether oxygens (including phenoxy) is 1. The normalized spacial score (nSPS) is 10.8. The number of quaternary nitrogens is 1. The fourth-order valence-corrected chi connectivity index (χ4v) is 2.95. The Balaban J connectivity index is 1.90. The smallest absolute Gasteiger partial charge is 0.258 e. The van der Waals surface area contributed by atoms with Gasteiger partial charge in [-0.05, 0) is 44.0 Å². The maximum atomic E-state index is 12.1. The van der Waals surface area contributed by atoms with E-state index in [4.69, 9.17) is 16.3 Å². The quantitative estimate of drug-likeness (QED) is 0.707. The molecule has 0 spiro atoms. The molecule has 2 aromatic carbocycles. The van der Waals surface area contributed by atoms with E-state index >= 15 is 0 Å². The van der Waals surface area contributed by atoms with Crippen LogP contribution < -0.4 is 15.0 Å². The van der Waals surface area contributed by atoms with Gasteiger partial charge < -0.3 is 15.0 Å². The predicted molar refractivity (Wildman–Crippen MR) is 106 cm³/mol. The van der Waals surface area contributed by atoms with Gasteiger partial charge in [0.15, 0.2) is 6.61 Å². The fourth-order valence-electron chi connectivity index (χ4n) is 2.78. The number of carbonyl (C=O) groups excluding carboxylic acids is 1. The summed E-state index contributed by atoms with van der Waals surface area (Å²) in [6, 6.07) is 13.8. The maximum absolute atomic E-state index is 12.1. The van der Waals surface area contributed by atoms with Crippen molar-refractivity contribution in [1.29, 1.82) is 0 Å². The number of benzene rings is 2. The second-order valence-corrected chi connectivity index (χ2v) is 6.81. The maximum Gasteiger partial charge on any atom is 0.258 e. The van der Waals surface area contributed by atoms with Gasteiger partial charge in [-0.15, -0.1) is 0 Å². The molecule has 0 aromatic heterocycles. The zero-order chi connectivity index (χ0) is 18.9. The van der Waals surface area contributed by atoms with Crippen molar-refractivity contribution in [3.8, 4) is 5.75 Å². The van der Waals surface area contributed by atoms with Gasteiger partial charge >= 0.3 is 0 Å². The van der Waals surface area contributed by atoms with Crippen molar-refractivity contribution in [1.82, 2.24) is 5.32 Å². The molecule has 0 aliphatic heterocycles. The number of rotatable bonds is 9. The van der Waals surface area contributed by atoms with E-state index in [1.165, 1.54) is 10.5 Å². The van der Waals surface area contributed by atoms with E-state index in [1.807, 2.05) is 31.2 Å². The largest absolute Gasteiger partial charge is 0.482 e. The fraction of sp³-hybridized carbons (Fsp3) is 0.381. The van der Waals surface area contributed by atoms with E-state index in [1.54, 1.807) is 6.07 Å². The Labute approximate surface area is 161 Å². The van der Waals surface area contributed by atoms with E-state index in [-0.39, 0.29) is 12.5 Å². The summed E-state index contributed by atoms with van der Waals surface area (Å²) in [5, 5.41) is 3.45. The van der Waals surface area contributed by atoms with Gasteiger partial charge in [-0.3, -0.25) is 4.79 Å². The molecule has 0 aliphatic carbocycles. The van der Waals surface area contributed by atoms with Crippen LogP contribution in [0.15, 0.2) is 42.5 Å². The predicted octanol–water partition coefficient (Wildman–Crippen LogP) is 2.77. The molecule has 26 heavy (non-hydrogen) atoms. The molecule has 0 unspecified atom stereocenters. The lowest BCUT2D eigenvalue weighted by molar-refractivity contribution is -0.910. The molecule has 0 bridgehead atoms. The van der Waals surface area contributed by atoms with Crippen LogP contribution in [0.2, 0.25) is 5.02 Å². The number of halogens is 1. The van der Waals surface area contributed by atoms with E-state index < -0.39 is 0 Å². The standard InChI is InChI=1S/C21H27ClN2O2/c1-4-24(5-2)14-18-9-7-6-8-17(18)13-23-21(25)15-26-20-12-16(3)10-11-19(20)22/h6-12H,4-5,13-15H2,1-3H3,(H,23,25)/p+1. The molecule has 2 N–H and O–H groups in total. The SMILES string of the molecule is CC[NH+](CC)Cc1ccccc1CNC(=O)COc1cc(C)ccc1Cl. The number of carbonyl (C=O) groups is 1. The van der Waals surface area contributed by atoms with Crippen LogP contribution in [-0.2, 0) is 17.9 Å². The van der Waals surface area contributed by atoms with Gasteiger partial charge in [-0.25, -0.2) is 0 Å². The molecule has 5 heteroatoms. The van der Waals surface area contributed by atoms with Gasteiger partial charge in [0.2, 0.25) is 0 Å². The third-order valence-corrected chi connectivity index (χ3v) is 4.79. The molecule has 0 saturated heterocycles. The molecule has 0 fully saturated rings. The van der Waals surface area contributed by atoms with Crippen LogP contribution in [0.3, 0.4) is 0 Å². The average Bonchev–Trinajstić information content (AvgIpc) is 2.65. The van der Waals surface area contributed by atoms with E-state index in [9.17, 15) is 4.79 Å². The lowest BCUT2D eigenvalue weighted by Crippen LogP contribution is -3.10. The molecular formula is C21H28ClN2O2+. The monoisotopic (exact) mass is 375 g/mol. The van der Waals surface area contributed by atoms with Gasteiger partial charge in [-0.2, -0.15) is 0 Å². The summed E-state index contributed by atoms with van der Waals surface area (Å²) in [4.78, 5) is 13.7. The minimum atomic E-state index is -0.160. The van der Waals surface area contributed by atoms with Crippen LogP contribution in [0.5, 0.6) is 5.75 Å². The van der Waals surface area contributed by atoms with Crippen LogP contribution in [0.4, 0.5) is 0 Å². The van der Waals surface area contributed by atoms with Gasteiger partial charge in [-0.1, -0.05) is 41.9 Å². The number of aryl methyl sites for hydroxylation is 1. The number of hydrogen-bond acceptors (Lipinski definition) is 2. The van der Waals surface area contributed by atoms with Crippen LogP contribution in [0, 0.1) is 6.92 Å². The van der Waals surface area contributed by atoms with Crippen LogP contribution in [0.25, 0.3) is 0 Å².